The van der Waals surface area contributed by atoms with Crippen molar-refractivity contribution in [2.45, 2.75) is 52.9 Å². The van der Waals surface area contributed by atoms with Crippen LogP contribution in [-0.2, 0) is 4.79 Å². The molecule has 1 saturated heterocycles. The van der Waals surface area contributed by atoms with Crippen LogP contribution in [0, 0.1) is 11.3 Å². The Morgan fingerprint density at radius 2 is 1.94 bits per heavy atom. The van der Waals surface area contributed by atoms with Gasteiger partial charge in [0.2, 0.25) is 0 Å². The average molecular weight is 241 g/mol. The molecule has 0 radical (unpaired) electrons. The van der Waals surface area contributed by atoms with E-state index < -0.39 is 11.4 Å². The first kappa shape index (κ1) is 14.5. The van der Waals surface area contributed by atoms with Crippen LogP contribution < -0.4 is 0 Å². The molecular formula is C14H27NO2. The van der Waals surface area contributed by atoms with E-state index in [0.29, 0.717) is 0 Å². The van der Waals surface area contributed by atoms with Gasteiger partial charge in [0.15, 0.2) is 0 Å². The van der Waals surface area contributed by atoms with Gasteiger partial charge in [-0.1, -0.05) is 19.8 Å². The molecule has 1 heterocycles. The highest BCUT2D eigenvalue weighted by Gasteiger charge is 2.28. The van der Waals surface area contributed by atoms with Gasteiger partial charge in [-0.3, -0.25) is 4.79 Å². The number of hydrogen-bond donors (Lipinski definition) is 1. The second kappa shape index (κ2) is 6.39. The summed E-state index contributed by atoms with van der Waals surface area (Å²) in [6.07, 6.45) is 5.98. The molecule has 0 aliphatic carbocycles. The van der Waals surface area contributed by atoms with Crippen molar-refractivity contribution in [3.8, 4) is 0 Å². The number of carbonyl (C=O) groups is 1. The largest absolute Gasteiger partial charge is 0.481 e. The van der Waals surface area contributed by atoms with Crippen LogP contribution in [0.2, 0.25) is 0 Å². The zero-order valence-corrected chi connectivity index (χ0v) is 11.5. The molecule has 1 fully saturated rings. The third kappa shape index (κ3) is 4.66. The molecule has 3 heteroatoms. The van der Waals surface area contributed by atoms with E-state index in [2.05, 4.69) is 11.8 Å². The third-order valence-corrected chi connectivity index (χ3v) is 4.04. The summed E-state index contributed by atoms with van der Waals surface area (Å²) in [7, 11) is 0. The molecule has 0 bridgehead atoms. The highest BCUT2D eigenvalue weighted by Crippen LogP contribution is 2.25. The summed E-state index contributed by atoms with van der Waals surface area (Å²) in [6, 6.07) is 0. The molecule has 1 N–H and O–H groups in total. The number of aliphatic carboxylic acids is 1. The van der Waals surface area contributed by atoms with E-state index in [-0.39, 0.29) is 0 Å². The van der Waals surface area contributed by atoms with Crippen molar-refractivity contribution in [1.82, 2.24) is 4.90 Å². The number of carboxylic acids is 1. The van der Waals surface area contributed by atoms with Gasteiger partial charge in [0, 0.05) is 0 Å². The SMILES string of the molecule is CCCC1CCN(CCC(C)(C)C(=O)O)CC1. The maximum Gasteiger partial charge on any atom is 0.309 e. The van der Waals surface area contributed by atoms with E-state index in [9.17, 15) is 4.79 Å². The van der Waals surface area contributed by atoms with Crippen LogP contribution in [0.4, 0.5) is 0 Å². The first-order valence-corrected chi connectivity index (χ1v) is 6.91. The smallest absolute Gasteiger partial charge is 0.309 e. The van der Waals surface area contributed by atoms with Crippen molar-refractivity contribution >= 4 is 5.97 Å². The molecule has 0 unspecified atom stereocenters. The van der Waals surface area contributed by atoms with Gasteiger partial charge >= 0.3 is 5.97 Å². The fourth-order valence-electron chi connectivity index (χ4n) is 2.45. The molecule has 0 spiro atoms. The Bertz CT molecular complexity index is 243. The quantitative estimate of drug-likeness (QED) is 0.777. The summed E-state index contributed by atoms with van der Waals surface area (Å²) < 4.78 is 0. The summed E-state index contributed by atoms with van der Waals surface area (Å²) >= 11 is 0. The van der Waals surface area contributed by atoms with Gasteiger partial charge in [0.05, 0.1) is 5.41 Å². The molecule has 1 aliphatic rings. The number of piperidine rings is 1. The highest BCUT2D eigenvalue weighted by atomic mass is 16.4. The van der Waals surface area contributed by atoms with Crippen molar-refractivity contribution in [2.75, 3.05) is 19.6 Å². The molecule has 3 nitrogen and oxygen atoms in total. The molecule has 0 aromatic heterocycles. The third-order valence-electron chi connectivity index (χ3n) is 4.04. The zero-order chi connectivity index (χ0) is 12.9. The van der Waals surface area contributed by atoms with Crippen molar-refractivity contribution < 1.29 is 9.90 Å². The number of nitrogens with zero attached hydrogens (tertiary/aromatic N) is 1. The molecule has 1 rings (SSSR count). The van der Waals surface area contributed by atoms with Crippen LogP contribution >= 0.6 is 0 Å². The second-order valence-electron chi connectivity index (χ2n) is 6.01. The summed E-state index contributed by atoms with van der Waals surface area (Å²) in [5.41, 5.74) is -0.583. The van der Waals surface area contributed by atoms with E-state index in [0.717, 1.165) is 32.0 Å². The van der Waals surface area contributed by atoms with Crippen LogP contribution in [-0.4, -0.2) is 35.6 Å². The lowest BCUT2D eigenvalue weighted by atomic mass is 9.88. The lowest BCUT2D eigenvalue weighted by molar-refractivity contribution is -0.147. The molecule has 0 saturated carbocycles. The fraction of sp³-hybridized carbons (Fsp3) is 0.929. The Balaban J connectivity index is 2.25. The average Bonchev–Trinajstić information content (AvgIpc) is 2.28. The Hall–Kier alpha value is -0.570. The number of carboxylic acid groups (broad SMARTS) is 1. The first-order chi connectivity index (χ1) is 7.95. The number of hydrogen-bond acceptors (Lipinski definition) is 2. The molecule has 0 atom stereocenters. The fourth-order valence-corrected chi connectivity index (χ4v) is 2.45. The first-order valence-electron chi connectivity index (χ1n) is 6.91. The monoisotopic (exact) mass is 241 g/mol. The van der Waals surface area contributed by atoms with Gasteiger partial charge in [-0.05, 0) is 58.7 Å². The van der Waals surface area contributed by atoms with Crippen LogP contribution in [0.3, 0.4) is 0 Å². The molecule has 1 aliphatic heterocycles. The summed E-state index contributed by atoms with van der Waals surface area (Å²) in [4.78, 5) is 13.4. The molecule has 0 aromatic rings. The van der Waals surface area contributed by atoms with Crippen molar-refractivity contribution in [2.24, 2.45) is 11.3 Å². The molecule has 0 aromatic carbocycles. The predicted octanol–water partition coefficient (Wildman–Crippen LogP) is 3.00. The molecule has 100 valence electrons. The maximum atomic E-state index is 11.0. The molecular weight excluding hydrogens is 214 g/mol. The number of rotatable bonds is 6. The summed E-state index contributed by atoms with van der Waals surface area (Å²) in [5, 5.41) is 9.06. The lowest BCUT2D eigenvalue weighted by Gasteiger charge is -2.33. The minimum atomic E-state index is -0.682. The van der Waals surface area contributed by atoms with Crippen LogP contribution in [0.1, 0.15) is 52.9 Å². The van der Waals surface area contributed by atoms with E-state index in [1.54, 1.807) is 0 Å². The molecule has 17 heavy (non-hydrogen) atoms. The predicted molar refractivity (Wildman–Crippen MR) is 70.1 cm³/mol. The van der Waals surface area contributed by atoms with Crippen LogP contribution in [0.5, 0.6) is 0 Å². The Morgan fingerprint density at radius 3 is 2.41 bits per heavy atom. The standard InChI is InChI=1S/C14H27NO2/c1-4-5-12-6-9-15(10-7-12)11-8-14(2,3)13(16)17/h12H,4-11H2,1-3H3,(H,16,17). The molecule has 0 amide bonds. The summed E-state index contributed by atoms with van der Waals surface area (Å²) in [6.45, 7) is 9.12. The normalized spacial score (nSPS) is 19.5. The Kier molecular flexibility index (Phi) is 5.44. The van der Waals surface area contributed by atoms with Crippen LogP contribution in [0.15, 0.2) is 0 Å². The van der Waals surface area contributed by atoms with Crippen molar-refractivity contribution in [3.05, 3.63) is 0 Å². The van der Waals surface area contributed by atoms with Gasteiger partial charge in [-0.25, -0.2) is 0 Å². The van der Waals surface area contributed by atoms with E-state index in [1.807, 2.05) is 13.8 Å². The minimum absolute atomic E-state index is 0.583. The van der Waals surface area contributed by atoms with Gasteiger partial charge in [0.1, 0.15) is 0 Å². The van der Waals surface area contributed by atoms with Gasteiger partial charge < -0.3 is 10.0 Å². The van der Waals surface area contributed by atoms with Crippen LogP contribution in [0.25, 0.3) is 0 Å². The summed E-state index contributed by atoms with van der Waals surface area (Å²) in [5.74, 6) is 0.224. The van der Waals surface area contributed by atoms with Gasteiger partial charge in [-0.2, -0.15) is 0 Å². The lowest BCUT2D eigenvalue weighted by Crippen LogP contribution is -2.37. The van der Waals surface area contributed by atoms with Gasteiger partial charge in [-0.15, -0.1) is 0 Å². The minimum Gasteiger partial charge on any atom is -0.481 e. The number of likely N-dealkylation sites (tertiary alicyclic amines) is 1. The van der Waals surface area contributed by atoms with Crippen molar-refractivity contribution in [1.29, 1.82) is 0 Å². The van der Waals surface area contributed by atoms with E-state index in [4.69, 9.17) is 5.11 Å². The Morgan fingerprint density at radius 1 is 1.35 bits per heavy atom. The van der Waals surface area contributed by atoms with E-state index in [1.165, 1.54) is 25.7 Å². The highest BCUT2D eigenvalue weighted by molar-refractivity contribution is 5.73. The topological polar surface area (TPSA) is 40.5 Å². The Labute approximate surface area is 105 Å². The maximum absolute atomic E-state index is 11.0. The second-order valence-corrected chi connectivity index (χ2v) is 6.01. The van der Waals surface area contributed by atoms with Crippen molar-refractivity contribution in [3.63, 3.8) is 0 Å². The van der Waals surface area contributed by atoms with E-state index >= 15 is 0 Å². The van der Waals surface area contributed by atoms with Gasteiger partial charge in [0.25, 0.3) is 0 Å². The zero-order valence-electron chi connectivity index (χ0n) is 11.5.